The van der Waals surface area contributed by atoms with E-state index in [1.165, 1.54) is 6.66 Å². The van der Waals surface area contributed by atoms with Gasteiger partial charge < -0.3 is 29.5 Å². The molecule has 0 radical (unpaired) electrons. The van der Waals surface area contributed by atoms with Crippen molar-refractivity contribution in [3.05, 3.63) is 17.2 Å². The van der Waals surface area contributed by atoms with Crippen LogP contribution in [0.5, 0.6) is 17.2 Å². The maximum Gasteiger partial charge on any atom is 0.328 e. The number of phenols is 1. The fourth-order valence-electron chi connectivity index (χ4n) is 4.22. The molecule has 1 aromatic rings. The van der Waals surface area contributed by atoms with Crippen molar-refractivity contribution >= 4 is 13.5 Å². The minimum Gasteiger partial charge on any atom is -0.504 e. The van der Waals surface area contributed by atoms with Gasteiger partial charge in [-0.1, -0.05) is 0 Å². The first-order valence-electron chi connectivity index (χ1n) is 7.94. The number of carbonyl (C=O) groups excluding carboxylic acids is 1. The molecule has 1 aliphatic carbocycles. The maximum absolute atomic E-state index is 12.6. The standard InChI is InChI=1S/C15H16NO8P/c1-25(20)23-12-7(17)2-6-5-3-8-13(22-4-21-8)11(18)9(5)15(19)16-10(6)14(12)24-25/h3,6-7,10,12,14,17-18H,2,4H2,1H3,(H,16,19)/t6?,7-,10+,12+,14-,25?/m0/s1. The molecule has 2 fully saturated rings. The summed E-state index contributed by atoms with van der Waals surface area (Å²) >= 11 is 0. The predicted molar refractivity (Wildman–Crippen MR) is 82.1 cm³/mol. The lowest BCUT2D eigenvalue weighted by Gasteiger charge is -2.43. The second-order valence-corrected chi connectivity index (χ2v) is 8.71. The summed E-state index contributed by atoms with van der Waals surface area (Å²) in [4.78, 5) is 12.6. The van der Waals surface area contributed by atoms with Crippen LogP contribution < -0.4 is 14.8 Å². The zero-order chi connectivity index (χ0) is 17.5. The number of fused-ring (bicyclic) bond motifs is 6. The minimum absolute atomic E-state index is 0.0369. The largest absolute Gasteiger partial charge is 0.504 e. The molecule has 3 N–H and O–H groups in total. The van der Waals surface area contributed by atoms with Gasteiger partial charge in [-0.25, -0.2) is 0 Å². The molecule has 134 valence electrons. The molecule has 6 atom stereocenters. The molecule has 10 heteroatoms. The molecule has 3 heterocycles. The molecule has 0 aromatic heterocycles. The third-order valence-electron chi connectivity index (χ3n) is 5.21. The Morgan fingerprint density at radius 3 is 2.84 bits per heavy atom. The van der Waals surface area contributed by atoms with E-state index < -0.39 is 37.9 Å². The first kappa shape index (κ1) is 15.5. The predicted octanol–water partition coefficient (Wildman–Crippen LogP) is 0.688. The minimum atomic E-state index is -3.28. The van der Waals surface area contributed by atoms with Crippen LogP contribution in [-0.2, 0) is 13.6 Å². The number of amides is 1. The summed E-state index contributed by atoms with van der Waals surface area (Å²) in [7, 11) is -3.28. The van der Waals surface area contributed by atoms with Crippen LogP contribution in [0.15, 0.2) is 6.07 Å². The number of aliphatic hydroxyl groups excluding tert-OH is 1. The summed E-state index contributed by atoms with van der Waals surface area (Å²) in [6, 6.07) is 1.13. The molecule has 4 aliphatic rings. The van der Waals surface area contributed by atoms with Gasteiger partial charge in [0.25, 0.3) is 5.91 Å². The van der Waals surface area contributed by atoms with Crippen molar-refractivity contribution in [2.45, 2.75) is 36.7 Å². The van der Waals surface area contributed by atoms with Crippen LogP contribution in [0, 0.1) is 0 Å². The zero-order valence-electron chi connectivity index (χ0n) is 13.2. The highest BCUT2D eigenvalue weighted by molar-refractivity contribution is 7.53. The topological polar surface area (TPSA) is 124 Å². The molecule has 5 rings (SSSR count). The van der Waals surface area contributed by atoms with E-state index in [0.717, 1.165) is 0 Å². The molecule has 25 heavy (non-hydrogen) atoms. The highest BCUT2D eigenvalue weighted by Crippen LogP contribution is 2.59. The van der Waals surface area contributed by atoms with Crippen molar-refractivity contribution in [1.82, 2.24) is 5.32 Å². The van der Waals surface area contributed by atoms with Gasteiger partial charge in [-0.2, -0.15) is 0 Å². The third kappa shape index (κ3) is 2.07. The van der Waals surface area contributed by atoms with E-state index in [1.54, 1.807) is 6.07 Å². The number of aromatic hydroxyl groups is 1. The third-order valence-corrected chi connectivity index (χ3v) is 6.46. The summed E-state index contributed by atoms with van der Waals surface area (Å²) in [6.45, 7) is 1.31. The van der Waals surface area contributed by atoms with Crippen LogP contribution in [0.25, 0.3) is 0 Å². The zero-order valence-corrected chi connectivity index (χ0v) is 14.1. The first-order valence-corrected chi connectivity index (χ1v) is 9.93. The average molecular weight is 369 g/mol. The van der Waals surface area contributed by atoms with Gasteiger partial charge in [0, 0.05) is 12.6 Å². The molecule has 3 aliphatic heterocycles. The van der Waals surface area contributed by atoms with Crippen molar-refractivity contribution in [3.8, 4) is 17.2 Å². The quantitative estimate of drug-likeness (QED) is 0.571. The number of rotatable bonds is 0. The lowest BCUT2D eigenvalue weighted by Crippen LogP contribution is -2.60. The van der Waals surface area contributed by atoms with E-state index >= 15 is 0 Å². The Labute approximate surface area is 142 Å². The number of nitrogens with one attached hydrogen (secondary N) is 1. The van der Waals surface area contributed by atoms with Gasteiger partial charge in [0.15, 0.2) is 11.5 Å². The van der Waals surface area contributed by atoms with E-state index in [9.17, 15) is 19.6 Å². The summed E-state index contributed by atoms with van der Waals surface area (Å²) in [5.74, 6) is -0.608. The molecular formula is C15H16NO8P. The molecule has 1 saturated heterocycles. The normalized spacial score (nSPS) is 40.9. The highest BCUT2D eigenvalue weighted by Gasteiger charge is 2.57. The fraction of sp³-hybridized carbons (Fsp3) is 0.533. The molecule has 9 nitrogen and oxygen atoms in total. The first-order chi connectivity index (χ1) is 11.9. The van der Waals surface area contributed by atoms with E-state index in [1.807, 2.05) is 0 Å². The van der Waals surface area contributed by atoms with Gasteiger partial charge in [-0.3, -0.25) is 13.9 Å². The van der Waals surface area contributed by atoms with E-state index in [0.29, 0.717) is 11.3 Å². The number of benzene rings is 1. The van der Waals surface area contributed by atoms with Gasteiger partial charge in [-0.05, 0) is 18.1 Å². The number of phenolic OH excluding ortho intramolecular Hbond substituents is 1. The maximum atomic E-state index is 12.6. The second kappa shape index (κ2) is 4.88. The van der Waals surface area contributed by atoms with E-state index in [2.05, 4.69) is 5.32 Å². The Balaban J connectivity index is 1.63. The molecule has 1 amide bonds. The smallest absolute Gasteiger partial charge is 0.328 e. The van der Waals surface area contributed by atoms with Crippen LogP contribution in [-0.4, -0.2) is 53.9 Å². The van der Waals surface area contributed by atoms with Crippen molar-refractivity contribution in [2.75, 3.05) is 13.5 Å². The Morgan fingerprint density at radius 2 is 2.04 bits per heavy atom. The Hall–Kier alpha value is -1.80. The summed E-state index contributed by atoms with van der Waals surface area (Å²) in [5.41, 5.74) is 0.657. The number of carbonyl (C=O) groups is 1. The Bertz CT molecular complexity index is 841. The summed E-state index contributed by atoms with van der Waals surface area (Å²) < 4.78 is 33.6. The molecule has 1 saturated carbocycles. The highest BCUT2D eigenvalue weighted by atomic mass is 31.2. The van der Waals surface area contributed by atoms with Crippen molar-refractivity contribution in [3.63, 3.8) is 0 Å². The number of aliphatic hydroxyl groups is 1. The van der Waals surface area contributed by atoms with Gasteiger partial charge in [0.2, 0.25) is 12.5 Å². The van der Waals surface area contributed by atoms with Crippen molar-refractivity contribution < 1.29 is 38.1 Å². The Morgan fingerprint density at radius 1 is 1.28 bits per heavy atom. The van der Waals surface area contributed by atoms with Crippen LogP contribution in [0.4, 0.5) is 0 Å². The number of hydrogen-bond acceptors (Lipinski definition) is 8. The monoisotopic (exact) mass is 369 g/mol. The van der Waals surface area contributed by atoms with Crippen LogP contribution >= 0.6 is 7.60 Å². The van der Waals surface area contributed by atoms with Gasteiger partial charge in [0.05, 0.1) is 17.7 Å². The van der Waals surface area contributed by atoms with Gasteiger partial charge in [0.1, 0.15) is 12.2 Å². The molecule has 0 bridgehead atoms. The molecule has 2 unspecified atom stereocenters. The molecule has 1 aromatic carbocycles. The SMILES string of the molecule is CP1(=O)O[C@@H]2[C@H](O1)[C@@H](O)CC1c3cc4c(c(O)c3C(=O)N[C@H]12)OCO4. The van der Waals surface area contributed by atoms with Gasteiger partial charge in [-0.15, -0.1) is 0 Å². The second-order valence-electron chi connectivity index (χ2n) is 6.74. The van der Waals surface area contributed by atoms with E-state index in [4.69, 9.17) is 18.5 Å². The average Bonchev–Trinajstić information content (AvgIpc) is 3.12. The Kier molecular flexibility index (Phi) is 3.02. The van der Waals surface area contributed by atoms with Crippen molar-refractivity contribution in [1.29, 1.82) is 0 Å². The number of ether oxygens (including phenoxy) is 2. The van der Waals surface area contributed by atoms with Crippen LogP contribution in [0.1, 0.15) is 28.3 Å². The molecular weight excluding hydrogens is 353 g/mol. The van der Waals surface area contributed by atoms with Crippen LogP contribution in [0.2, 0.25) is 0 Å². The van der Waals surface area contributed by atoms with Crippen molar-refractivity contribution in [2.24, 2.45) is 0 Å². The summed E-state index contributed by atoms with van der Waals surface area (Å²) in [5, 5.41) is 23.7. The van der Waals surface area contributed by atoms with Gasteiger partial charge >= 0.3 is 7.60 Å². The summed E-state index contributed by atoms with van der Waals surface area (Å²) in [6.07, 6.45) is -2.13. The number of hydrogen-bond donors (Lipinski definition) is 3. The van der Waals surface area contributed by atoms with Crippen LogP contribution in [0.3, 0.4) is 0 Å². The lowest BCUT2D eigenvalue weighted by molar-refractivity contribution is -0.0370. The fourth-order valence-corrected chi connectivity index (χ4v) is 5.66. The lowest BCUT2D eigenvalue weighted by atomic mass is 9.72. The van der Waals surface area contributed by atoms with E-state index in [-0.39, 0.29) is 36.2 Å². The molecule has 0 spiro atoms.